The van der Waals surface area contributed by atoms with E-state index in [4.69, 9.17) is 23.2 Å². The average Bonchev–Trinajstić information content (AvgIpc) is 2.50. The summed E-state index contributed by atoms with van der Waals surface area (Å²) >= 11 is 11.8. The van der Waals surface area contributed by atoms with E-state index in [1.165, 1.54) is 11.1 Å². The molecule has 108 valence electrons. The highest BCUT2D eigenvalue weighted by atomic mass is 35.5. The van der Waals surface area contributed by atoms with Gasteiger partial charge in [-0.05, 0) is 35.7 Å². The molecule has 2 N–H and O–H groups in total. The summed E-state index contributed by atoms with van der Waals surface area (Å²) < 4.78 is 0. The second kappa shape index (κ2) is 6.06. The molecule has 0 aromatic heterocycles. The van der Waals surface area contributed by atoms with Crippen molar-refractivity contribution in [3.8, 4) is 0 Å². The standard InChI is InChI=1S/C16H14Cl2N2O/c17-13-6-5-12(8-14(13)18)20-16(21)15-7-10-3-1-2-4-11(10)9-19-15/h1-6,8,15,19H,7,9H2,(H,20,21)/t15-/m1/s1. The number of halogens is 2. The fraction of sp³-hybridized carbons (Fsp3) is 0.188. The number of hydrogen-bond donors (Lipinski definition) is 2. The van der Waals surface area contributed by atoms with Gasteiger partial charge in [0.2, 0.25) is 5.91 Å². The Bertz CT molecular complexity index is 688. The van der Waals surface area contributed by atoms with Crippen LogP contribution in [0.15, 0.2) is 42.5 Å². The van der Waals surface area contributed by atoms with Crippen LogP contribution >= 0.6 is 23.2 Å². The first-order valence-electron chi connectivity index (χ1n) is 6.69. The smallest absolute Gasteiger partial charge is 0.241 e. The fourth-order valence-corrected chi connectivity index (χ4v) is 2.74. The molecule has 0 spiro atoms. The molecule has 0 saturated heterocycles. The Labute approximate surface area is 133 Å². The minimum Gasteiger partial charge on any atom is -0.325 e. The lowest BCUT2D eigenvalue weighted by molar-refractivity contribution is -0.118. The quantitative estimate of drug-likeness (QED) is 0.886. The van der Waals surface area contributed by atoms with E-state index in [1.807, 2.05) is 12.1 Å². The molecule has 0 radical (unpaired) electrons. The lowest BCUT2D eigenvalue weighted by Crippen LogP contribution is -2.44. The van der Waals surface area contributed by atoms with Crippen molar-refractivity contribution in [2.45, 2.75) is 19.0 Å². The highest BCUT2D eigenvalue weighted by molar-refractivity contribution is 6.42. The predicted octanol–water partition coefficient (Wildman–Crippen LogP) is 3.65. The number of nitrogens with one attached hydrogen (secondary N) is 2. The summed E-state index contributed by atoms with van der Waals surface area (Å²) in [5, 5.41) is 7.02. The molecule has 0 saturated carbocycles. The number of benzene rings is 2. The summed E-state index contributed by atoms with van der Waals surface area (Å²) in [6, 6.07) is 13.0. The maximum atomic E-state index is 12.3. The minimum atomic E-state index is -0.241. The molecule has 1 atom stereocenters. The van der Waals surface area contributed by atoms with Crippen molar-refractivity contribution in [1.82, 2.24) is 5.32 Å². The van der Waals surface area contributed by atoms with E-state index in [2.05, 4.69) is 22.8 Å². The van der Waals surface area contributed by atoms with Crippen molar-refractivity contribution in [3.05, 3.63) is 63.6 Å². The average molecular weight is 321 g/mol. The molecule has 21 heavy (non-hydrogen) atoms. The summed E-state index contributed by atoms with van der Waals surface area (Å²) in [4.78, 5) is 12.3. The topological polar surface area (TPSA) is 41.1 Å². The number of carbonyl (C=O) groups is 1. The van der Waals surface area contributed by atoms with E-state index < -0.39 is 0 Å². The third-order valence-corrected chi connectivity index (χ3v) is 4.32. The van der Waals surface area contributed by atoms with Gasteiger partial charge in [-0.3, -0.25) is 4.79 Å². The van der Waals surface area contributed by atoms with Gasteiger partial charge in [0.15, 0.2) is 0 Å². The van der Waals surface area contributed by atoms with Gasteiger partial charge in [-0.15, -0.1) is 0 Å². The Morgan fingerprint density at radius 2 is 1.86 bits per heavy atom. The number of carbonyl (C=O) groups excluding carboxylic acids is 1. The number of anilines is 1. The molecule has 3 nitrogen and oxygen atoms in total. The van der Waals surface area contributed by atoms with Crippen molar-refractivity contribution in [3.63, 3.8) is 0 Å². The summed E-state index contributed by atoms with van der Waals surface area (Å²) in [7, 11) is 0. The molecule has 0 fully saturated rings. The Kier molecular flexibility index (Phi) is 4.15. The molecular weight excluding hydrogens is 307 g/mol. The van der Waals surface area contributed by atoms with Crippen molar-refractivity contribution in [1.29, 1.82) is 0 Å². The Balaban J connectivity index is 1.70. The van der Waals surface area contributed by atoms with Crippen LogP contribution in [0.1, 0.15) is 11.1 Å². The highest BCUT2D eigenvalue weighted by Crippen LogP contribution is 2.25. The van der Waals surface area contributed by atoms with E-state index in [0.29, 0.717) is 28.7 Å². The monoisotopic (exact) mass is 320 g/mol. The molecule has 1 aliphatic rings. The Morgan fingerprint density at radius 3 is 2.62 bits per heavy atom. The van der Waals surface area contributed by atoms with Gasteiger partial charge in [-0.25, -0.2) is 0 Å². The number of rotatable bonds is 2. The predicted molar refractivity (Wildman–Crippen MR) is 85.9 cm³/mol. The van der Waals surface area contributed by atoms with Gasteiger partial charge in [-0.1, -0.05) is 47.5 Å². The third-order valence-electron chi connectivity index (χ3n) is 3.58. The molecular formula is C16H14Cl2N2O. The van der Waals surface area contributed by atoms with Crippen molar-refractivity contribution in [2.75, 3.05) is 5.32 Å². The zero-order valence-corrected chi connectivity index (χ0v) is 12.7. The van der Waals surface area contributed by atoms with Crippen LogP contribution in [0.5, 0.6) is 0 Å². The largest absolute Gasteiger partial charge is 0.325 e. The minimum absolute atomic E-state index is 0.0668. The highest BCUT2D eigenvalue weighted by Gasteiger charge is 2.23. The van der Waals surface area contributed by atoms with Crippen molar-refractivity contribution >= 4 is 34.8 Å². The fourth-order valence-electron chi connectivity index (χ4n) is 2.44. The molecule has 1 heterocycles. The molecule has 0 unspecified atom stereocenters. The molecule has 1 aliphatic heterocycles. The van der Waals surface area contributed by atoms with Gasteiger partial charge in [0.05, 0.1) is 16.1 Å². The van der Waals surface area contributed by atoms with Crippen molar-refractivity contribution in [2.24, 2.45) is 0 Å². The maximum absolute atomic E-state index is 12.3. The van der Waals surface area contributed by atoms with Gasteiger partial charge in [0, 0.05) is 12.2 Å². The van der Waals surface area contributed by atoms with Crippen molar-refractivity contribution < 1.29 is 4.79 Å². The second-order valence-corrected chi connectivity index (χ2v) is 5.84. The first-order valence-corrected chi connectivity index (χ1v) is 7.45. The Hall–Kier alpha value is -1.55. The van der Waals surface area contributed by atoms with E-state index in [-0.39, 0.29) is 11.9 Å². The zero-order valence-electron chi connectivity index (χ0n) is 11.2. The van der Waals surface area contributed by atoms with Crippen LogP contribution in [-0.4, -0.2) is 11.9 Å². The summed E-state index contributed by atoms with van der Waals surface area (Å²) in [5.74, 6) is -0.0668. The lowest BCUT2D eigenvalue weighted by Gasteiger charge is -2.25. The number of hydrogen-bond acceptors (Lipinski definition) is 2. The summed E-state index contributed by atoms with van der Waals surface area (Å²) in [6.45, 7) is 0.704. The van der Waals surface area contributed by atoms with Crippen LogP contribution < -0.4 is 10.6 Å². The summed E-state index contributed by atoms with van der Waals surface area (Å²) in [6.07, 6.45) is 0.684. The molecule has 0 bridgehead atoms. The van der Waals surface area contributed by atoms with Crippen LogP contribution in [0.2, 0.25) is 10.0 Å². The first kappa shape index (κ1) is 14.4. The lowest BCUT2D eigenvalue weighted by atomic mass is 9.95. The molecule has 2 aromatic rings. The molecule has 0 aliphatic carbocycles. The third kappa shape index (κ3) is 3.21. The van der Waals surface area contributed by atoms with Crippen LogP contribution in [0, 0.1) is 0 Å². The van der Waals surface area contributed by atoms with Gasteiger partial charge in [0.25, 0.3) is 0 Å². The van der Waals surface area contributed by atoms with Gasteiger partial charge < -0.3 is 10.6 Å². The van der Waals surface area contributed by atoms with Gasteiger partial charge in [0.1, 0.15) is 0 Å². The normalized spacial score (nSPS) is 17.1. The molecule has 1 amide bonds. The first-order chi connectivity index (χ1) is 10.1. The van der Waals surface area contributed by atoms with E-state index in [0.717, 1.165) is 0 Å². The molecule has 2 aromatic carbocycles. The maximum Gasteiger partial charge on any atom is 0.241 e. The van der Waals surface area contributed by atoms with Gasteiger partial charge in [-0.2, -0.15) is 0 Å². The van der Waals surface area contributed by atoms with Crippen LogP contribution in [0.3, 0.4) is 0 Å². The second-order valence-electron chi connectivity index (χ2n) is 5.02. The Morgan fingerprint density at radius 1 is 1.10 bits per heavy atom. The number of amides is 1. The zero-order chi connectivity index (χ0) is 14.8. The SMILES string of the molecule is O=C(Nc1ccc(Cl)c(Cl)c1)[C@H]1Cc2ccccc2CN1. The van der Waals surface area contributed by atoms with Crippen LogP contribution in [0.4, 0.5) is 5.69 Å². The van der Waals surface area contributed by atoms with E-state index in [1.54, 1.807) is 18.2 Å². The number of fused-ring (bicyclic) bond motifs is 1. The van der Waals surface area contributed by atoms with Crippen LogP contribution in [0.25, 0.3) is 0 Å². The van der Waals surface area contributed by atoms with E-state index in [9.17, 15) is 4.79 Å². The molecule has 5 heteroatoms. The van der Waals surface area contributed by atoms with E-state index >= 15 is 0 Å². The van der Waals surface area contributed by atoms with Crippen LogP contribution in [-0.2, 0) is 17.8 Å². The molecule has 3 rings (SSSR count). The van der Waals surface area contributed by atoms with Gasteiger partial charge >= 0.3 is 0 Å². The summed E-state index contributed by atoms with van der Waals surface area (Å²) in [5.41, 5.74) is 3.11.